The van der Waals surface area contributed by atoms with Gasteiger partial charge in [0.15, 0.2) is 5.78 Å². The smallest absolute Gasteiger partial charge is 0.316 e. The number of ether oxygens (including phenoxy) is 1. The van der Waals surface area contributed by atoms with Gasteiger partial charge < -0.3 is 9.57 Å². The van der Waals surface area contributed by atoms with Crippen molar-refractivity contribution in [3.63, 3.8) is 0 Å². The number of esters is 1. The largest absolute Gasteiger partial charge is 0.468 e. The zero-order chi connectivity index (χ0) is 16.2. The fourth-order valence-corrected chi connectivity index (χ4v) is 2.60. The molecule has 1 aliphatic rings. The highest BCUT2D eigenvalue weighted by Crippen LogP contribution is 2.40. The first kappa shape index (κ1) is 17.1. The van der Waals surface area contributed by atoms with Gasteiger partial charge >= 0.3 is 5.97 Å². The van der Waals surface area contributed by atoms with Crippen LogP contribution in [0.5, 0.6) is 0 Å². The summed E-state index contributed by atoms with van der Waals surface area (Å²) in [5, 5.41) is 3.76. The second-order valence-electron chi connectivity index (χ2n) is 5.74. The van der Waals surface area contributed by atoms with Gasteiger partial charge in [0.2, 0.25) is 0 Å². The number of methoxy groups -OCH3 is 1. The van der Waals surface area contributed by atoms with E-state index in [1.54, 1.807) is 13.8 Å². The molecule has 0 N–H and O–H groups in total. The Hall–Kier alpha value is -1.98. The lowest BCUT2D eigenvalue weighted by Gasteiger charge is -2.37. The van der Waals surface area contributed by atoms with Crippen LogP contribution < -0.4 is 0 Å². The van der Waals surface area contributed by atoms with E-state index < -0.39 is 29.0 Å². The summed E-state index contributed by atoms with van der Waals surface area (Å²) in [4.78, 5) is 41.6. The summed E-state index contributed by atoms with van der Waals surface area (Å²) < 4.78 is 4.70. The minimum Gasteiger partial charge on any atom is -0.468 e. The number of carbonyl (C=O) groups excluding carboxylic acids is 3. The van der Waals surface area contributed by atoms with Crippen molar-refractivity contribution in [2.75, 3.05) is 13.7 Å². The number of ketones is 2. The molecule has 2 atom stereocenters. The van der Waals surface area contributed by atoms with E-state index in [4.69, 9.17) is 9.57 Å². The van der Waals surface area contributed by atoms with Gasteiger partial charge in [-0.3, -0.25) is 14.4 Å². The molecule has 0 aromatic rings. The van der Waals surface area contributed by atoms with Crippen LogP contribution in [0.25, 0.3) is 0 Å². The maximum absolute atomic E-state index is 12.5. The number of hydrogen-bond donors (Lipinski definition) is 0. The molecule has 21 heavy (non-hydrogen) atoms. The molecule has 1 fully saturated rings. The monoisotopic (exact) mass is 295 g/mol. The van der Waals surface area contributed by atoms with E-state index in [1.807, 2.05) is 0 Å². The van der Waals surface area contributed by atoms with E-state index in [-0.39, 0.29) is 24.5 Å². The van der Waals surface area contributed by atoms with Crippen LogP contribution in [0.3, 0.4) is 0 Å². The summed E-state index contributed by atoms with van der Waals surface area (Å²) in [6.07, 6.45) is 1.61. The van der Waals surface area contributed by atoms with Crippen molar-refractivity contribution in [3.05, 3.63) is 12.7 Å². The second-order valence-corrected chi connectivity index (χ2v) is 5.74. The Morgan fingerprint density at radius 1 is 1.48 bits per heavy atom. The van der Waals surface area contributed by atoms with Crippen LogP contribution >= 0.6 is 0 Å². The topological polar surface area (TPSA) is 82.0 Å². The molecule has 0 aromatic heterocycles. The molecular weight excluding hydrogens is 274 g/mol. The number of hydrogen-bond acceptors (Lipinski definition) is 6. The van der Waals surface area contributed by atoms with Crippen molar-refractivity contribution in [2.45, 2.75) is 27.2 Å². The molecule has 0 amide bonds. The first-order valence-corrected chi connectivity index (χ1v) is 6.68. The molecule has 116 valence electrons. The Morgan fingerprint density at radius 3 is 2.62 bits per heavy atom. The van der Waals surface area contributed by atoms with Crippen molar-refractivity contribution in [1.29, 1.82) is 0 Å². The Labute approximate surface area is 124 Å². The van der Waals surface area contributed by atoms with Crippen LogP contribution in [-0.2, 0) is 24.0 Å². The average Bonchev–Trinajstić information content (AvgIpc) is 2.36. The predicted octanol–water partition coefficient (Wildman–Crippen LogP) is 1.54. The minimum atomic E-state index is -1.05. The normalized spacial score (nSPS) is 25.4. The molecule has 6 nitrogen and oxygen atoms in total. The van der Waals surface area contributed by atoms with E-state index >= 15 is 0 Å². The highest BCUT2D eigenvalue weighted by atomic mass is 16.6. The van der Waals surface area contributed by atoms with Gasteiger partial charge in [-0.2, -0.15) is 0 Å². The molecule has 0 bridgehead atoms. The predicted molar refractivity (Wildman–Crippen MR) is 76.7 cm³/mol. The summed E-state index contributed by atoms with van der Waals surface area (Å²) in [5.74, 6) is -3.39. The van der Waals surface area contributed by atoms with Gasteiger partial charge in [-0.1, -0.05) is 31.7 Å². The molecule has 2 unspecified atom stereocenters. The van der Waals surface area contributed by atoms with Crippen molar-refractivity contribution >= 4 is 23.2 Å². The van der Waals surface area contributed by atoms with Crippen LogP contribution in [0, 0.1) is 17.3 Å². The first-order chi connectivity index (χ1) is 9.76. The fraction of sp³-hybridized carbons (Fsp3) is 0.600. The molecule has 0 aromatic carbocycles. The Kier molecular flexibility index (Phi) is 5.41. The third kappa shape index (κ3) is 3.56. The van der Waals surface area contributed by atoms with Gasteiger partial charge in [-0.05, 0) is 12.3 Å². The van der Waals surface area contributed by atoms with E-state index in [0.29, 0.717) is 0 Å². The average molecular weight is 295 g/mol. The number of oxime groups is 1. The summed E-state index contributed by atoms with van der Waals surface area (Å²) in [6, 6.07) is 0. The Morgan fingerprint density at radius 2 is 2.10 bits per heavy atom. The van der Waals surface area contributed by atoms with Crippen molar-refractivity contribution in [3.8, 4) is 0 Å². The molecule has 1 rings (SSSR count). The number of Topliss-reactive ketones (excluding diaryl/α,β-unsaturated/α-hetero) is 2. The maximum Gasteiger partial charge on any atom is 0.316 e. The summed E-state index contributed by atoms with van der Waals surface area (Å²) in [5.41, 5.74) is -0.517. The van der Waals surface area contributed by atoms with E-state index in [1.165, 1.54) is 20.1 Å². The highest BCUT2D eigenvalue weighted by molar-refractivity contribution is 6.25. The zero-order valence-corrected chi connectivity index (χ0v) is 12.8. The third-order valence-electron chi connectivity index (χ3n) is 3.56. The quantitative estimate of drug-likeness (QED) is 0.192. The molecule has 0 radical (unpaired) electrons. The number of nitrogens with zero attached hydrogens (tertiary/aromatic N) is 1. The number of rotatable bonds is 5. The molecular formula is C15H21NO5. The Balaban J connectivity index is 3.09. The lowest BCUT2D eigenvalue weighted by Crippen LogP contribution is -2.51. The molecule has 1 saturated carbocycles. The SMILES string of the molecule is C=CCON=C(C)C1C(=O)CC(C)(C)C(C(=O)OC)C1=O. The first-order valence-electron chi connectivity index (χ1n) is 6.68. The van der Waals surface area contributed by atoms with E-state index in [2.05, 4.69) is 11.7 Å². The van der Waals surface area contributed by atoms with Gasteiger partial charge in [-0.25, -0.2) is 0 Å². The summed E-state index contributed by atoms with van der Waals surface area (Å²) in [7, 11) is 1.23. The van der Waals surface area contributed by atoms with Crippen LogP contribution in [0.1, 0.15) is 27.2 Å². The van der Waals surface area contributed by atoms with Crippen molar-refractivity contribution in [2.24, 2.45) is 22.4 Å². The fourth-order valence-electron chi connectivity index (χ4n) is 2.60. The molecule has 1 aliphatic carbocycles. The van der Waals surface area contributed by atoms with E-state index in [9.17, 15) is 14.4 Å². The molecule has 0 spiro atoms. The van der Waals surface area contributed by atoms with Gasteiger partial charge in [0, 0.05) is 6.42 Å². The van der Waals surface area contributed by atoms with E-state index in [0.717, 1.165) is 0 Å². The lowest BCUT2D eigenvalue weighted by molar-refractivity contribution is -0.159. The van der Waals surface area contributed by atoms with Crippen LogP contribution in [0.15, 0.2) is 17.8 Å². The summed E-state index contributed by atoms with van der Waals surface area (Å²) in [6.45, 7) is 8.61. The van der Waals surface area contributed by atoms with Gasteiger partial charge in [0.05, 0.1) is 12.8 Å². The molecule has 6 heteroatoms. The van der Waals surface area contributed by atoms with Crippen LogP contribution in [-0.4, -0.2) is 37.0 Å². The summed E-state index contributed by atoms with van der Waals surface area (Å²) >= 11 is 0. The highest BCUT2D eigenvalue weighted by Gasteiger charge is 2.52. The van der Waals surface area contributed by atoms with Gasteiger partial charge in [-0.15, -0.1) is 0 Å². The molecule has 0 heterocycles. The molecule has 0 saturated heterocycles. The standard InChI is InChI=1S/C15H21NO5/c1-6-7-21-16-9(2)11-10(17)8-15(3,4)12(13(11)18)14(19)20-5/h6,11-12H,1,7-8H2,2-5H3. The minimum absolute atomic E-state index is 0.109. The Bertz CT molecular complexity index is 492. The second kappa shape index (κ2) is 6.65. The lowest BCUT2D eigenvalue weighted by atomic mass is 9.63. The third-order valence-corrected chi connectivity index (χ3v) is 3.56. The van der Waals surface area contributed by atoms with Gasteiger partial charge in [0.1, 0.15) is 24.2 Å². The van der Waals surface area contributed by atoms with Crippen molar-refractivity contribution in [1.82, 2.24) is 0 Å². The molecule has 0 aliphatic heterocycles. The van der Waals surface area contributed by atoms with Gasteiger partial charge in [0.25, 0.3) is 0 Å². The van der Waals surface area contributed by atoms with Crippen molar-refractivity contribution < 1.29 is 24.0 Å². The van der Waals surface area contributed by atoms with Crippen LogP contribution in [0.2, 0.25) is 0 Å². The maximum atomic E-state index is 12.5. The van der Waals surface area contributed by atoms with Crippen LogP contribution in [0.4, 0.5) is 0 Å². The zero-order valence-electron chi connectivity index (χ0n) is 12.8. The number of carbonyl (C=O) groups is 3.